The number of nitrogens with zero attached hydrogens (tertiary/aromatic N) is 1. The predicted molar refractivity (Wildman–Crippen MR) is 96.1 cm³/mol. The van der Waals surface area contributed by atoms with E-state index in [2.05, 4.69) is 0 Å². The monoisotopic (exact) mass is 317 g/mol. The van der Waals surface area contributed by atoms with Crippen molar-refractivity contribution in [2.75, 3.05) is 0 Å². The molecule has 4 nitrogen and oxygen atoms in total. The van der Waals surface area contributed by atoms with Gasteiger partial charge in [-0.1, -0.05) is 42.5 Å². The average molecular weight is 317 g/mol. The molecule has 2 aromatic carbocycles. The smallest absolute Gasteiger partial charge is 0.269 e. The van der Waals surface area contributed by atoms with Crippen molar-refractivity contribution < 1.29 is 9.34 Å². The predicted octanol–water partition coefficient (Wildman–Crippen LogP) is 5.53. The van der Waals surface area contributed by atoms with Crippen molar-refractivity contribution in [2.45, 2.75) is 0 Å². The Hall–Kier alpha value is -3.40. The molecule has 0 aliphatic carbocycles. The second-order valence-corrected chi connectivity index (χ2v) is 5.17. The average Bonchev–Trinajstić information content (AvgIpc) is 3.07. The van der Waals surface area contributed by atoms with E-state index in [0.717, 1.165) is 22.6 Å². The molecule has 0 amide bonds. The molecule has 0 aliphatic heterocycles. The van der Waals surface area contributed by atoms with Crippen molar-refractivity contribution in [3.63, 3.8) is 0 Å². The molecule has 0 fully saturated rings. The van der Waals surface area contributed by atoms with Gasteiger partial charge in [-0.2, -0.15) is 0 Å². The summed E-state index contributed by atoms with van der Waals surface area (Å²) in [6, 6.07) is 20.1. The number of hydrogen-bond acceptors (Lipinski definition) is 3. The van der Waals surface area contributed by atoms with E-state index < -0.39 is 4.92 Å². The van der Waals surface area contributed by atoms with Crippen LogP contribution < -0.4 is 0 Å². The molecule has 0 N–H and O–H groups in total. The molecule has 0 bridgehead atoms. The fourth-order valence-electron chi connectivity index (χ4n) is 2.18. The number of furan rings is 1. The first-order valence-corrected chi connectivity index (χ1v) is 7.46. The summed E-state index contributed by atoms with van der Waals surface area (Å²) in [7, 11) is 0. The van der Waals surface area contributed by atoms with Crippen molar-refractivity contribution in [3.8, 4) is 0 Å². The Labute approximate surface area is 139 Å². The van der Waals surface area contributed by atoms with E-state index in [1.807, 2.05) is 66.8 Å². The normalized spacial score (nSPS) is 11.3. The number of nitro benzene ring substituents is 1. The Bertz CT molecular complexity index is 875. The van der Waals surface area contributed by atoms with Crippen LogP contribution in [0.4, 0.5) is 5.69 Å². The number of rotatable bonds is 5. The SMILES string of the molecule is O=[N+]([O-])c1ccc(/C=C/c2ccc(/C=C/c3ccccc3)o2)cc1. The number of non-ortho nitro benzene ring substituents is 1. The van der Waals surface area contributed by atoms with Gasteiger partial charge in [0.05, 0.1) is 4.92 Å². The quantitative estimate of drug-likeness (QED) is 0.459. The van der Waals surface area contributed by atoms with Gasteiger partial charge in [-0.05, 0) is 47.5 Å². The molecule has 0 aliphatic rings. The summed E-state index contributed by atoms with van der Waals surface area (Å²) in [5.74, 6) is 1.49. The Balaban J connectivity index is 1.67. The zero-order chi connectivity index (χ0) is 16.8. The van der Waals surface area contributed by atoms with E-state index in [-0.39, 0.29) is 5.69 Å². The fourth-order valence-corrected chi connectivity index (χ4v) is 2.18. The zero-order valence-electron chi connectivity index (χ0n) is 12.8. The third kappa shape index (κ3) is 4.08. The van der Waals surface area contributed by atoms with Crippen molar-refractivity contribution in [3.05, 3.63) is 99.5 Å². The molecule has 3 aromatic rings. The highest BCUT2D eigenvalue weighted by Crippen LogP contribution is 2.17. The minimum absolute atomic E-state index is 0.0819. The molecule has 0 saturated heterocycles. The van der Waals surface area contributed by atoms with Crippen LogP contribution in [0.25, 0.3) is 24.3 Å². The molecule has 3 rings (SSSR count). The number of nitro groups is 1. The van der Waals surface area contributed by atoms with Crippen LogP contribution in [0.1, 0.15) is 22.6 Å². The molecule has 0 atom stereocenters. The van der Waals surface area contributed by atoms with E-state index in [9.17, 15) is 10.1 Å². The van der Waals surface area contributed by atoms with Crippen LogP contribution in [-0.4, -0.2) is 4.92 Å². The summed E-state index contributed by atoms with van der Waals surface area (Å²) in [6.45, 7) is 0. The molecule has 0 saturated carbocycles. The maximum absolute atomic E-state index is 10.6. The first-order chi connectivity index (χ1) is 11.7. The van der Waals surface area contributed by atoms with Gasteiger partial charge in [-0.25, -0.2) is 0 Å². The highest BCUT2D eigenvalue weighted by atomic mass is 16.6. The van der Waals surface area contributed by atoms with Crippen LogP contribution in [0, 0.1) is 10.1 Å². The van der Waals surface area contributed by atoms with E-state index in [4.69, 9.17) is 4.42 Å². The Morgan fingerprint density at radius 2 is 1.25 bits per heavy atom. The fraction of sp³-hybridized carbons (Fsp3) is 0. The Morgan fingerprint density at radius 1 is 0.708 bits per heavy atom. The van der Waals surface area contributed by atoms with Crippen molar-refractivity contribution in [1.29, 1.82) is 0 Å². The Kier molecular flexibility index (Phi) is 4.68. The van der Waals surface area contributed by atoms with Crippen LogP contribution in [0.3, 0.4) is 0 Å². The first kappa shape index (κ1) is 15.5. The van der Waals surface area contributed by atoms with Gasteiger partial charge in [0.1, 0.15) is 11.5 Å². The summed E-state index contributed by atoms with van der Waals surface area (Å²) < 4.78 is 5.71. The number of hydrogen-bond donors (Lipinski definition) is 0. The molecule has 1 heterocycles. The third-order valence-electron chi connectivity index (χ3n) is 3.43. The van der Waals surface area contributed by atoms with Gasteiger partial charge in [0.15, 0.2) is 0 Å². The Morgan fingerprint density at radius 3 is 1.79 bits per heavy atom. The lowest BCUT2D eigenvalue weighted by Gasteiger charge is -1.93. The van der Waals surface area contributed by atoms with Gasteiger partial charge in [0, 0.05) is 12.1 Å². The summed E-state index contributed by atoms with van der Waals surface area (Å²) in [5, 5.41) is 10.6. The highest BCUT2D eigenvalue weighted by molar-refractivity contribution is 5.70. The number of benzene rings is 2. The van der Waals surface area contributed by atoms with Gasteiger partial charge < -0.3 is 4.42 Å². The van der Waals surface area contributed by atoms with Crippen molar-refractivity contribution in [1.82, 2.24) is 0 Å². The molecule has 1 aromatic heterocycles. The second kappa shape index (κ2) is 7.24. The van der Waals surface area contributed by atoms with Crippen LogP contribution in [-0.2, 0) is 0 Å². The van der Waals surface area contributed by atoms with E-state index >= 15 is 0 Å². The van der Waals surface area contributed by atoms with E-state index in [0.29, 0.717) is 0 Å². The topological polar surface area (TPSA) is 56.3 Å². The van der Waals surface area contributed by atoms with Gasteiger partial charge in [0.2, 0.25) is 0 Å². The molecular weight excluding hydrogens is 302 g/mol. The first-order valence-electron chi connectivity index (χ1n) is 7.46. The van der Waals surface area contributed by atoms with Crippen molar-refractivity contribution in [2.24, 2.45) is 0 Å². The molecule has 4 heteroatoms. The van der Waals surface area contributed by atoms with Gasteiger partial charge >= 0.3 is 0 Å². The molecule has 0 spiro atoms. The molecular formula is C20H15NO3. The van der Waals surface area contributed by atoms with Crippen LogP contribution in [0.5, 0.6) is 0 Å². The van der Waals surface area contributed by atoms with Crippen LogP contribution in [0.2, 0.25) is 0 Å². The molecule has 118 valence electrons. The van der Waals surface area contributed by atoms with Crippen molar-refractivity contribution >= 4 is 30.0 Å². The zero-order valence-corrected chi connectivity index (χ0v) is 12.8. The van der Waals surface area contributed by atoms with Gasteiger partial charge in [0.25, 0.3) is 5.69 Å². The maximum atomic E-state index is 10.6. The standard InChI is InChI=1S/C20H15NO3/c22-21(23)18-10-6-17(7-11-18)9-13-20-15-14-19(24-20)12-8-16-4-2-1-3-5-16/h1-15H/b12-8+,13-9+. The van der Waals surface area contributed by atoms with E-state index in [1.165, 1.54) is 12.1 Å². The molecule has 24 heavy (non-hydrogen) atoms. The molecule has 0 radical (unpaired) electrons. The van der Waals surface area contributed by atoms with Crippen LogP contribution >= 0.6 is 0 Å². The summed E-state index contributed by atoms with van der Waals surface area (Å²) in [5.41, 5.74) is 2.06. The molecule has 0 unspecified atom stereocenters. The minimum atomic E-state index is -0.411. The van der Waals surface area contributed by atoms with Gasteiger partial charge in [-0.3, -0.25) is 10.1 Å². The third-order valence-corrected chi connectivity index (χ3v) is 3.43. The lowest BCUT2D eigenvalue weighted by atomic mass is 10.2. The lowest BCUT2D eigenvalue weighted by molar-refractivity contribution is -0.384. The lowest BCUT2D eigenvalue weighted by Crippen LogP contribution is -1.86. The van der Waals surface area contributed by atoms with E-state index in [1.54, 1.807) is 12.1 Å². The van der Waals surface area contributed by atoms with Crippen LogP contribution in [0.15, 0.2) is 71.1 Å². The highest BCUT2D eigenvalue weighted by Gasteiger charge is 2.02. The largest absolute Gasteiger partial charge is 0.457 e. The summed E-state index contributed by atoms with van der Waals surface area (Å²) in [4.78, 5) is 10.2. The minimum Gasteiger partial charge on any atom is -0.457 e. The summed E-state index contributed by atoms with van der Waals surface area (Å²) in [6.07, 6.45) is 7.59. The maximum Gasteiger partial charge on any atom is 0.269 e. The van der Waals surface area contributed by atoms with Gasteiger partial charge in [-0.15, -0.1) is 0 Å². The summed E-state index contributed by atoms with van der Waals surface area (Å²) >= 11 is 0. The second-order valence-electron chi connectivity index (χ2n) is 5.17.